The molecular weight excluding hydrogens is 378 g/mol. The van der Waals surface area contributed by atoms with Gasteiger partial charge in [-0.15, -0.1) is 0 Å². The first kappa shape index (κ1) is 19.7. The molecule has 1 saturated heterocycles. The van der Waals surface area contributed by atoms with E-state index in [1.165, 1.54) is 6.33 Å². The second kappa shape index (κ2) is 8.02. The van der Waals surface area contributed by atoms with E-state index in [9.17, 15) is 8.78 Å². The molecule has 0 unspecified atom stereocenters. The number of nitrogens with zero attached hydrogens (tertiary/aromatic N) is 4. The van der Waals surface area contributed by atoms with Crippen LogP contribution < -0.4 is 9.64 Å². The summed E-state index contributed by atoms with van der Waals surface area (Å²) in [5.74, 6) is -1.45. The third-order valence-corrected chi connectivity index (χ3v) is 5.09. The van der Waals surface area contributed by atoms with Gasteiger partial charge in [-0.25, -0.2) is 18.7 Å². The molecule has 3 heterocycles. The molecule has 0 aliphatic carbocycles. The molecule has 0 spiro atoms. The molecule has 0 saturated carbocycles. The number of benzene rings is 1. The fourth-order valence-corrected chi connectivity index (χ4v) is 3.77. The molecule has 2 aromatic rings. The molecule has 2 aliphatic heterocycles. The Morgan fingerprint density at radius 3 is 2.90 bits per heavy atom. The Balaban J connectivity index is 1.58. The highest BCUT2D eigenvalue weighted by molar-refractivity contribution is 6.14. The molecule has 2 aliphatic rings. The van der Waals surface area contributed by atoms with Crippen LogP contribution in [0.3, 0.4) is 0 Å². The zero-order valence-corrected chi connectivity index (χ0v) is 16.6. The number of ether oxygens (including phenoxy) is 2. The second-order valence-electron chi connectivity index (χ2n) is 7.51. The van der Waals surface area contributed by atoms with Gasteiger partial charge in [0, 0.05) is 31.7 Å². The lowest BCUT2D eigenvalue weighted by atomic mass is 10.0. The molecule has 0 bridgehead atoms. The van der Waals surface area contributed by atoms with Crippen molar-refractivity contribution in [2.75, 3.05) is 31.7 Å². The summed E-state index contributed by atoms with van der Waals surface area (Å²) in [6, 6.07) is 7.61. The summed E-state index contributed by atoms with van der Waals surface area (Å²) in [7, 11) is 1.64. The predicted octanol–water partition coefficient (Wildman–Crippen LogP) is 3.48. The summed E-state index contributed by atoms with van der Waals surface area (Å²) in [6.45, 7) is 3.23. The molecule has 29 heavy (non-hydrogen) atoms. The van der Waals surface area contributed by atoms with E-state index in [1.807, 2.05) is 25.1 Å². The average Bonchev–Trinajstić information content (AvgIpc) is 3.11. The minimum Gasteiger partial charge on any atom is -0.488 e. The molecule has 1 fully saturated rings. The zero-order valence-electron chi connectivity index (χ0n) is 16.6. The van der Waals surface area contributed by atoms with E-state index in [2.05, 4.69) is 15.0 Å². The minimum atomic E-state index is -2.69. The van der Waals surface area contributed by atoms with Gasteiger partial charge in [0.15, 0.2) is 0 Å². The van der Waals surface area contributed by atoms with Crippen LogP contribution in [0.2, 0.25) is 0 Å². The van der Waals surface area contributed by atoms with Gasteiger partial charge in [-0.3, -0.25) is 4.99 Å². The van der Waals surface area contributed by atoms with Crippen molar-refractivity contribution in [2.45, 2.75) is 38.3 Å². The van der Waals surface area contributed by atoms with E-state index in [1.54, 1.807) is 18.1 Å². The lowest BCUT2D eigenvalue weighted by Crippen LogP contribution is -2.43. The van der Waals surface area contributed by atoms with Gasteiger partial charge < -0.3 is 14.4 Å². The minimum absolute atomic E-state index is 0.0775. The Hall–Kier alpha value is -2.61. The van der Waals surface area contributed by atoms with Crippen molar-refractivity contribution in [1.29, 1.82) is 0 Å². The summed E-state index contributed by atoms with van der Waals surface area (Å²) < 4.78 is 38.6. The van der Waals surface area contributed by atoms with E-state index < -0.39 is 5.92 Å². The van der Waals surface area contributed by atoms with Crippen molar-refractivity contribution < 1.29 is 18.3 Å². The fraction of sp³-hybridized carbons (Fsp3) is 0.476. The molecule has 0 N–H and O–H groups in total. The standard InChI is InChI=1S/C21H24F2N4O2/c1-14(11-28-2)29-16-5-4-15-10-24-20(17(15)8-16)18-9-19(26-13-25-18)27-7-3-6-21(22,23)12-27/h4-5,8-9,13-14H,3,6-7,10-12H2,1-2H3/t14-/m0/s1. The van der Waals surface area contributed by atoms with E-state index in [0.717, 1.165) is 22.6 Å². The van der Waals surface area contributed by atoms with Gasteiger partial charge in [-0.05, 0) is 31.0 Å². The van der Waals surface area contributed by atoms with Gasteiger partial charge >= 0.3 is 0 Å². The van der Waals surface area contributed by atoms with E-state index in [-0.39, 0.29) is 19.1 Å². The van der Waals surface area contributed by atoms with Gasteiger partial charge in [0.2, 0.25) is 0 Å². The number of alkyl halides is 2. The highest BCUT2D eigenvalue weighted by atomic mass is 19.3. The number of anilines is 1. The molecule has 1 atom stereocenters. The number of hydrogen-bond acceptors (Lipinski definition) is 6. The number of piperidine rings is 1. The number of rotatable bonds is 6. The first-order chi connectivity index (χ1) is 13.9. The molecule has 154 valence electrons. The average molecular weight is 402 g/mol. The second-order valence-corrected chi connectivity index (χ2v) is 7.51. The Kier molecular flexibility index (Phi) is 5.45. The van der Waals surface area contributed by atoms with Gasteiger partial charge in [0.05, 0.1) is 31.1 Å². The predicted molar refractivity (Wildman–Crippen MR) is 106 cm³/mol. The molecule has 4 rings (SSSR count). The van der Waals surface area contributed by atoms with Crippen LogP contribution in [0.1, 0.15) is 36.6 Å². The number of methoxy groups -OCH3 is 1. The van der Waals surface area contributed by atoms with Crippen LogP contribution >= 0.6 is 0 Å². The van der Waals surface area contributed by atoms with Gasteiger partial charge in [0.1, 0.15) is 24.0 Å². The van der Waals surface area contributed by atoms with Crippen LogP contribution in [0, 0.1) is 0 Å². The molecule has 0 radical (unpaired) electrons. The Morgan fingerprint density at radius 1 is 1.24 bits per heavy atom. The van der Waals surface area contributed by atoms with Crippen molar-refractivity contribution in [3.8, 4) is 5.75 Å². The lowest BCUT2D eigenvalue weighted by molar-refractivity contribution is -0.0118. The van der Waals surface area contributed by atoms with E-state index in [0.29, 0.717) is 37.6 Å². The molecule has 0 amide bonds. The van der Waals surface area contributed by atoms with Gasteiger partial charge in [-0.1, -0.05) is 6.07 Å². The van der Waals surface area contributed by atoms with Crippen molar-refractivity contribution in [3.05, 3.63) is 47.4 Å². The van der Waals surface area contributed by atoms with Gasteiger partial charge in [-0.2, -0.15) is 0 Å². The van der Waals surface area contributed by atoms with Crippen LogP contribution in [0.25, 0.3) is 0 Å². The number of fused-ring (bicyclic) bond motifs is 1. The number of aliphatic imine (C=N–C) groups is 1. The Morgan fingerprint density at radius 2 is 2.10 bits per heavy atom. The summed E-state index contributed by atoms with van der Waals surface area (Å²) in [5.41, 5.74) is 3.39. The maximum absolute atomic E-state index is 13.8. The topological polar surface area (TPSA) is 59.8 Å². The summed E-state index contributed by atoms with van der Waals surface area (Å²) in [6.07, 6.45) is 1.70. The van der Waals surface area contributed by atoms with Gasteiger partial charge in [0.25, 0.3) is 5.92 Å². The van der Waals surface area contributed by atoms with Crippen LogP contribution in [0.15, 0.2) is 35.6 Å². The van der Waals surface area contributed by atoms with Crippen molar-refractivity contribution in [2.24, 2.45) is 4.99 Å². The van der Waals surface area contributed by atoms with Crippen LogP contribution in [-0.2, 0) is 11.3 Å². The maximum atomic E-state index is 13.8. The zero-order chi connectivity index (χ0) is 20.4. The SMILES string of the molecule is COC[C@H](C)Oc1ccc2c(c1)C(c1cc(N3CCCC(F)(F)C3)ncn1)=NC2. The normalized spacial score (nSPS) is 18.9. The largest absolute Gasteiger partial charge is 0.488 e. The third-order valence-electron chi connectivity index (χ3n) is 5.09. The Labute approximate surface area is 168 Å². The number of hydrogen-bond donors (Lipinski definition) is 0. The van der Waals surface area contributed by atoms with Crippen molar-refractivity contribution in [3.63, 3.8) is 0 Å². The molecule has 1 aromatic heterocycles. The fourth-order valence-electron chi connectivity index (χ4n) is 3.77. The highest BCUT2D eigenvalue weighted by Gasteiger charge is 2.36. The quantitative estimate of drug-likeness (QED) is 0.741. The first-order valence-electron chi connectivity index (χ1n) is 9.74. The molecule has 8 heteroatoms. The van der Waals surface area contributed by atoms with E-state index in [4.69, 9.17) is 9.47 Å². The summed E-state index contributed by atoms with van der Waals surface area (Å²) >= 11 is 0. The van der Waals surface area contributed by atoms with E-state index >= 15 is 0 Å². The van der Waals surface area contributed by atoms with Crippen LogP contribution in [-0.4, -0.2) is 54.5 Å². The van der Waals surface area contributed by atoms with Crippen molar-refractivity contribution in [1.82, 2.24) is 9.97 Å². The number of aromatic nitrogens is 2. The van der Waals surface area contributed by atoms with Crippen LogP contribution in [0.4, 0.5) is 14.6 Å². The van der Waals surface area contributed by atoms with Crippen molar-refractivity contribution >= 4 is 11.5 Å². The summed E-state index contributed by atoms with van der Waals surface area (Å²) in [4.78, 5) is 14.8. The maximum Gasteiger partial charge on any atom is 0.265 e. The lowest BCUT2D eigenvalue weighted by Gasteiger charge is -2.33. The van der Waals surface area contributed by atoms with Crippen LogP contribution in [0.5, 0.6) is 5.75 Å². The first-order valence-corrected chi connectivity index (χ1v) is 9.74. The highest BCUT2D eigenvalue weighted by Crippen LogP contribution is 2.31. The molecule has 1 aromatic carbocycles. The monoisotopic (exact) mass is 402 g/mol. The third kappa shape index (κ3) is 4.37. The summed E-state index contributed by atoms with van der Waals surface area (Å²) in [5, 5.41) is 0. The molecular formula is C21H24F2N4O2. The molecule has 6 nitrogen and oxygen atoms in total. The smallest absolute Gasteiger partial charge is 0.265 e. The number of halogens is 2. The Bertz CT molecular complexity index is 919.